The summed E-state index contributed by atoms with van der Waals surface area (Å²) in [6.45, 7) is 16.5. The molecule has 0 spiro atoms. The summed E-state index contributed by atoms with van der Waals surface area (Å²) in [6, 6.07) is 6.19. The lowest BCUT2D eigenvalue weighted by molar-refractivity contribution is -0.175. The Kier molecular flexibility index (Phi) is 30.7. The summed E-state index contributed by atoms with van der Waals surface area (Å²) in [4.78, 5) is 110. The van der Waals surface area contributed by atoms with Crippen molar-refractivity contribution in [3.05, 3.63) is 68.8 Å². The molecule has 3 aromatic heterocycles. The van der Waals surface area contributed by atoms with Crippen molar-refractivity contribution in [1.82, 2.24) is 45.4 Å². The van der Waals surface area contributed by atoms with E-state index >= 15 is 0 Å². The average Bonchev–Trinajstić information content (AvgIpc) is 1.46. The number of ketones is 1. The van der Waals surface area contributed by atoms with Gasteiger partial charge in [-0.2, -0.15) is 0 Å². The van der Waals surface area contributed by atoms with E-state index in [0.29, 0.717) is 148 Å². The monoisotopic (exact) mass is 1380 g/mol. The number of nitrogens with zero attached hydrogens (tertiary/aromatic N) is 6. The molecule has 4 amide bonds. The third kappa shape index (κ3) is 22.1. The van der Waals surface area contributed by atoms with E-state index < -0.39 is 35.2 Å². The molecule has 2 fully saturated rings. The molecule has 0 radical (unpaired) electrons. The molecule has 4 N–H and O–H groups in total. The second-order valence-corrected chi connectivity index (χ2v) is 24.9. The summed E-state index contributed by atoms with van der Waals surface area (Å²) in [5, 5.41) is 28.2. The number of benzene rings is 1. The molecule has 540 valence electrons. The number of ether oxygens (including phenoxy) is 12. The molecule has 4 aliphatic rings. The number of aromatic nitrogens is 5. The van der Waals surface area contributed by atoms with Crippen LogP contribution in [0.1, 0.15) is 108 Å². The van der Waals surface area contributed by atoms with Crippen LogP contribution in [0.2, 0.25) is 0 Å². The Morgan fingerprint density at radius 2 is 1.39 bits per heavy atom. The van der Waals surface area contributed by atoms with Gasteiger partial charge < -0.3 is 82.5 Å². The van der Waals surface area contributed by atoms with Gasteiger partial charge in [0.15, 0.2) is 5.78 Å². The highest BCUT2D eigenvalue weighted by molar-refractivity contribution is 6.03. The number of phenols is 1. The zero-order valence-corrected chi connectivity index (χ0v) is 57.1. The molecule has 1 aliphatic carbocycles. The molecule has 1 saturated carbocycles. The first-order chi connectivity index (χ1) is 47.5. The van der Waals surface area contributed by atoms with Crippen LogP contribution in [0, 0.1) is 23.7 Å². The maximum absolute atomic E-state index is 14.1. The lowest BCUT2D eigenvalue weighted by Gasteiger charge is -2.35. The number of pyridine rings is 2. The number of nitrogens with one attached hydrogen (secondary N) is 3. The van der Waals surface area contributed by atoms with Crippen LogP contribution in [0.15, 0.2) is 35.3 Å². The standard InChI is InChI=1S/C68H97N9O21/c1-6-52-53-35-50(78)12-13-57(53)72-62-54(52)40-76-59(62)36-56-55(65(76)84)42-96-66(85)68(56,7-2)98-67(86)97-43-58(45(3)4)69-15-14-51(79)41-95-44-60(80)70-16-18-87-20-22-89-24-26-91-28-30-93-32-33-94-31-29-92-27-25-90-23-21-88-19-17-75-39-49(73-74-75)37-71-63(82)48-10-8-47(9-11-48)38-77-61(81)34-46(5)64(77)83/h12-13,35-36,39,45-48,58,69,78H,6-11,14-34,37-38,40-44H2,1-5H3,(H,70,80)(H,71,82). The number of aryl methyl sites for hydroxylation is 1. The van der Waals surface area contributed by atoms with E-state index in [2.05, 4.69) is 26.3 Å². The summed E-state index contributed by atoms with van der Waals surface area (Å²) in [6.07, 6.45) is 4.65. The topological polar surface area (TPSA) is 355 Å². The van der Waals surface area contributed by atoms with Crippen molar-refractivity contribution < 1.29 is 95.5 Å². The Morgan fingerprint density at radius 1 is 0.755 bits per heavy atom. The van der Waals surface area contributed by atoms with Crippen molar-refractivity contribution in [2.45, 2.75) is 124 Å². The zero-order valence-electron chi connectivity index (χ0n) is 57.1. The fourth-order valence-corrected chi connectivity index (χ4v) is 12.1. The number of carbonyl (C=O) groups is 7. The molecule has 0 bridgehead atoms. The minimum atomic E-state index is -1.97. The minimum absolute atomic E-state index is 0.0136. The van der Waals surface area contributed by atoms with Gasteiger partial charge in [0.05, 0.1) is 154 Å². The first kappa shape index (κ1) is 76.4. The molecule has 30 nitrogen and oxygen atoms in total. The van der Waals surface area contributed by atoms with Gasteiger partial charge >= 0.3 is 12.1 Å². The Bertz CT molecular complexity index is 3350. The molecule has 3 unspecified atom stereocenters. The van der Waals surface area contributed by atoms with Crippen molar-refractivity contribution in [2.24, 2.45) is 23.7 Å². The van der Waals surface area contributed by atoms with Crippen molar-refractivity contribution in [3.63, 3.8) is 0 Å². The predicted molar refractivity (Wildman–Crippen MR) is 350 cm³/mol. The first-order valence-corrected chi connectivity index (χ1v) is 34.2. The van der Waals surface area contributed by atoms with Crippen LogP contribution in [0.4, 0.5) is 4.79 Å². The summed E-state index contributed by atoms with van der Waals surface area (Å²) in [5.74, 6) is -1.71. The summed E-state index contributed by atoms with van der Waals surface area (Å²) in [7, 11) is 0. The van der Waals surface area contributed by atoms with Gasteiger partial charge in [0.1, 0.15) is 37.9 Å². The number of aromatic hydroxyl groups is 1. The van der Waals surface area contributed by atoms with Gasteiger partial charge in [-0.05, 0) is 80.2 Å². The molecule has 98 heavy (non-hydrogen) atoms. The minimum Gasteiger partial charge on any atom is -0.508 e. The van der Waals surface area contributed by atoms with Crippen LogP contribution in [0.3, 0.4) is 0 Å². The maximum Gasteiger partial charge on any atom is 0.509 e. The highest BCUT2D eigenvalue weighted by Crippen LogP contribution is 2.43. The molecule has 3 aliphatic heterocycles. The van der Waals surface area contributed by atoms with Gasteiger partial charge in [0.2, 0.25) is 29.2 Å². The van der Waals surface area contributed by atoms with Crippen LogP contribution < -0.4 is 21.5 Å². The lowest BCUT2D eigenvalue weighted by atomic mass is 9.81. The molecule has 1 saturated heterocycles. The van der Waals surface area contributed by atoms with Crippen LogP contribution in [0.5, 0.6) is 5.75 Å². The van der Waals surface area contributed by atoms with E-state index in [1.54, 1.807) is 53.6 Å². The van der Waals surface area contributed by atoms with Gasteiger partial charge in [-0.1, -0.05) is 39.8 Å². The van der Waals surface area contributed by atoms with E-state index in [-0.39, 0.29) is 136 Å². The number of hydrogen-bond acceptors (Lipinski definition) is 25. The fraction of sp³-hybridized carbons (Fsp3) is 0.662. The highest BCUT2D eigenvalue weighted by atomic mass is 16.7. The van der Waals surface area contributed by atoms with Crippen LogP contribution in [-0.2, 0) is 124 Å². The number of imide groups is 1. The maximum atomic E-state index is 14.1. The zero-order chi connectivity index (χ0) is 69.8. The largest absolute Gasteiger partial charge is 0.509 e. The first-order valence-electron chi connectivity index (χ1n) is 34.2. The number of cyclic esters (lactones) is 1. The summed E-state index contributed by atoms with van der Waals surface area (Å²) >= 11 is 0. The van der Waals surface area contributed by atoms with E-state index in [1.165, 1.54) is 4.90 Å². The third-order valence-electron chi connectivity index (χ3n) is 17.7. The molecule has 6 heterocycles. The van der Waals surface area contributed by atoms with Crippen molar-refractivity contribution >= 4 is 52.4 Å². The number of fused-ring (bicyclic) bond motifs is 5. The fourth-order valence-electron chi connectivity index (χ4n) is 12.1. The molecule has 4 aromatic rings. The SMILES string of the molecule is CCc1c2c(nc3ccc(O)cc13)-c1cc3c(c(=O)n1C2)COC(=O)C3(CC)OC(=O)OCC(NCCC(=O)COCC(=O)NCCOCCOCCOCCOCCOCCOCCOCCOCCn1cc(CNC(=O)C2CCC(CN3C(=O)CC(C)C3=O)CC2)nn1)C(C)C. The van der Waals surface area contributed by atoms with Gasteiger partial charge in [-0.25, -0.2) is 19.3 Å². The number of carbonyl (C=O) groups excluding carboxylic acids is 7. The third-order valence-corrected chi connectivity index (χ3v) is 17.7. The van der Waals surface area contributed by atoms with E-state index in [4.69, 9.17) is 61.8 Å². The number of hydrogen-bond donors (Lipinski definition) is 4. The molecule has 3 atom stereocenters. The molecular formula is C68H97N9O21. The van der Waals surface area contributed by atoms with Crippen LogP contribution >= 0.6 is 0 Å². The average molecular weight is 1380 g/mol. The number of amides is 4. The Hall–Kier alpha value is -7.39. The Balaban J connectivity index is 0.546. The number of Topliss-reactive ketones (excluding diaryl/α,β-unsaturated/α-hetero) is 1. The smallest absolute Gasteiger partial charge is 0.508 e. The van der Waals surface area contributed by atoms with Crippen molar-refractivity contribution in [2.75, 3.05) is 145 Å². The lowest BCUT2D eigenvalue weighted by Crippen LogP contribution is -2.48. The second-order valence-electron chi connectivity index (χ2n) is 24.9. The Labute approximate surface area is 569 Å². The highest BCUT2D eigenvalue weighted by Gasteiger charge is 2.51. The van der Waals surface area contributed by atoms with E-state index in [1.807, 2.05) is 20.8 Å². The Morgan fingerprint density at radius 3 is 1.99 bits per heavy atom. The van der Waals surface area contributed by atoms with Gasteiger partial charge in [-0.3, -0.25) is 33.7 Å². The number of likely N-dealkylation sites (tertiary alicyclic amines) is 1. The van der Waals surface area contributed by atoms with Crippen molar-refractivity contribution in [1.29, 1.82) is 0 Å². The number of phenolic OH excluding ortho intramolecular Hbond substituents is 1. The predicted octanol–water partition coefficient (Wildman–Crippen LogP) is 3.46. The molecule has 8 rings (SSSR count). The van der Waals surface area contributed by atoms with E-state index in [9.17, 15) is 43.5 Å². The quantitative estimate of drug-likeness (QED) is 0.0246. The van der Waals surface area contributed by atoms with Gasteiger partial charge in [0.25, 0.3) is 5.56 Å². The normalized spacial score (nSPS) is 18.4. The number of rotatable bonds is 46. The van der Waals surface area contributed by atoms with Gasteiger partial charge in [-0.15, -0.1) is 5.10 Å². The second kappa shape index (κ2) is 39.4. The molecule has 1 aromatic carbocycles. The van der Waals surface area contributed by atoms with E-state index in [0.717, 1.165) is 42.2 Å². The van der Waals surface area contributed by atoms with Gasteiger partial charge in [0, 0.05) is 66.9 Å². The molecule has 30 heteroatoms. The number of esters is 1. The molecular weight excluding hydrogens is 1280 g/mol. The summed E-state index contributed by atoms with van der Waals surface area (Å²) in [5.41, 5.74) is 2.13. The summed E-state index contributed by atoms with van der Waals surface area (Å²) < 4.78 is 69.9. The van der Waals surface area contributed by atoms with Crippen LogP contribution in [-0.4, -0.2) is 227 Å². The van der Waals surface area contributed by atoms with Crippen LogP contribution in [0.25, 0.3) is 22.3 Å². The van der Waals surface area contributed by atoms with Crippen molar-refractivity contribution in [3.8, 4) is 17.1 Å².